The molecule has 2 rings (SSSR count). The number of ether oxygens (including phenoxy) is 2. The fourth-order valence-electron chi connectivity index (χ4n) is 3.61. The van der Waals surface area contributed by atoms with Gasteiger partial charge in [-0.15, -0.1) is 24.8 Å². The summed E-state index contributed by atoms with van der Waals surface area (Å²) in [5, 5.41) is 0. The van der Waals surface area contributed by atoms with Crippen molar-refractivity contribution in [1.82, 2.24) is 9.80 Å². The largest absolute Gasteiger partial charge is 0.444 e. The van der Waals surface area contributed by atoms with Crippen LogP contribution in [0.3, 0.4) is 0 Å². The molecule has 32 heavy (non-hydrogen) atoms. The lowest BCUT2D eigenvalue weighted by Gasteiger charge is -2.24. The quantitative estimate of drug-likeness (QED) is 0.591. The Labute approximate surface area is 206 Å². The highest BCUT2D eigenvalue weighted by atomic mass is 35.5. The predicted molar refractivity (Wildman–Crippen MR) is 134 cm³/mol. The van der Waals surface area contributed by atoms with Gasteiger partial charge in [0.2, 0.25) is 0 Å². The number of likely N-dealkylation sites (tertiary alicyclic amines) is 2. The van der Waals surface area contributed by atoms with E-state index >= 15 is 0 Å². The Balaban J connectivity index is 0. The Bertz CT molecular complexity index is 531. The summed E-state index contributed by atoms with van der Waals surface area (Å²) in [6.45, 7) is 18.1. The van der Waals surface area contributed by atoms with Crippen LogP contribution in [0.15, 0.2) is 0 Å². The van der Waals surface area contributed by atoms with Gasteiger partial charge in [0.05, 0.1) is 0 Å². The number of hydrogen-bond donors (Lipinski definition) is 2. The summed E-state index contributed by atoms with van der Waals surface area (Å²) in [6, 6.07) is 0.199. The SMILES string of the molecule is CC[C@@H]1CN(C(=O)OC(C)(C)C)C[C@H]1N.CC[C@H]1CN(C(=O)OC(C)(C)C)C[C@@H]1N.Cl.Cl. The first kappa shape index (κ1) is 33.2. The zero-order valence-electron chi connectivity index (χ0n) is 21.1. The molecule has 0 bridgehead atoms. The Morgan fingerprint density at radius 1 is 0.719 bits per heavy atom. The Kier molecular flexibility index (Phi) is 14.2. The van der Waals surface area contributed by atoms with Crippen molar-refractivity contribution in [3.63, 3.8) is 0 Å². The minimum Gasteiger partial charge on any atom is -0.444 e. The third kappa shape index (κ3) is 11.3. The minimum atomic E-state index is -0.425. The van der Waals surface area contributed by atoms with E-state index in [2.05, 4.69) is 13.8 Å². The van der Waals surface area contributed by atoms with E-state index in [4.69, 9.17) is 20.9 Å². The molecule has 2 fully saturated rings. The lowest BCUT2D eigenvalue weighted by atomic mass is 10.0. The van der Waals surface area contributed by atoms with Gasteiger partial charge in [-0.1, -0.05) is 26.7 Å². The molecule has 4 N–H and O–H groups in total. The molecule has 2 saturated heterocycles. The fourth-order valence-corrected chi connectivity index (χ4v) is 3.61. The maximum absolute atomic E-state index is 11.7. The van der Waals surface area contributed by atoms with Gasteiger partial charge in [0.1, 0.15) is 11.2 Å². The monoisotopic (exact) mass is 500 g/mol. The summed E-state index contributed by atoms with van der Waals surface area (Å²) in [6.07, 6.45) is 1.55. The van der Waals surface area contributed by atoms with Crippen LogP contribution in [0.1, 0.15) is 68.2 Å². The standard InChI is InChI=1S/2C11H22N2O2.2ClH/c2*1-5-8-6-13(7-9(8)12)10(14)15-11(2,3)4;;/h2*8-9H,5-7,12H2,1-4H3;2*1H/t2*8-,9-;;/m10../s1. The highest BCUT2D eigenvalue weighted by molar-refractivity contribution is 5.85. The summed E-state index contributed by atoms with van der Waals surface area (Å²) in [7, 11) is 0. The van der Waals surface area contributed by atoms with Crippen LogP contribution in [-0.4, -0.2) is 71.5 Å². The van der Waals surface area contributed by atoms with Crippen LogP contribution in [0.4, 0.5) is 9.59 Å². The molecule has 2 amide bonds. The van der Waals surface area contributed by atoms with Gasteiger partial charge in [-0.05, 0) is 53.4 Å². The van der Waals surface area contributed by atoms with Crippen molar-refractivity contribution in [2.75, 3.05) is 26.2 Å². The number of amides is 2. The van der Waals surface area contributed by atoms with Gasteiger partial charge in [0, 0.05) is 38.3 Å². The summed E-state index contributed by atoms with van der Waals surface area (Å²) in [4.78, 5) is 26.9. The summed E-state index contributed by atoms with van der Waals surface area (Å²) >= 11 is 0. The van der Waals surface area contributed by atoms with Gasteiger partial charge in [0.15, 0.2) is 0 Å². The smallest absolute Gasteiger partial charge is 0.410 e. The van der Waals surface area contributed by atoms with Crippen molar-refractivity contribution in [3.05, 3.63) is 0 Å². The molecule has 2 aliphatic heterocycles. The van der Waals surface area contributed by atoms with E-state index in [-0.39, 0.29) is 49.1 Å². The van der Waals surface area contributed by atoms with Crippen molar-refractivity contribution < 1.29 is 19.1 Å². The molecule has 0 saturated carbocycles. The highest BCUT2D eigenvalue weighted by Crippen LogP contribution is 2.22. The number of carbonyl (C=O) groups is 2. The molecule has 10 heteroatoms. The van der Waals surface area contributed by atoms with Gasteiger partial charge < -0.3 is 30.7 Å². The third-order valence-corrected chi connectivity index (χ3v) is 5.34. The zero-order valence-corrected chi connectivity index (χ0v) is 22.7. The number of nitrogens with zero attached hydrogens (tertiary/aromatic N) is 2. The molecule has 4 atom stereocenters. The van der Waals surface area contributed by atoms with Gasteiger partial charge in [0.25, 0.3) is 0 Å². The van der Waals surface area contributed by atoms with E-state index in [9.17, 15) is 9.59 Å². The normalized spacial score (nSPS) is 25.2. The van der Waals surface area contributed by atoms with Gasteiger partial charge in [-0.3, -0.25) is 0 Å². The van der Waals surface area contributed by atoms with Crippen LogP contribution in [0, 0.1) is 11.8 Å². The van der Waals surface area contributed by atoms with Crippen LogP contribution in [0.25, 0.3) is 0 Å². The summed E-state index contributed by atoms with van der Waals surface area (Å²) in [5.41, 5.74) is 11.0. The van der Waals surface area contributed by atoms with Crippen LogP contribution in [0.5, 0.6) is 0 Å². The van der Waals surface area contributed by atoms with Crippen LogP contribution in [0.2, 0.25) is 0 Å². The van der Waals surface area contributed by atoms with E-state index in [1.165, 1.54) is 0 Å². The third-order valence-electron chi connectivity index (χ3n) is 5.34. The molecule has 0 unspecified atom stereocenters. The molecule has 2 heterocycles. The molecule has 2 aliphatic rings. The Hall–Kier alpha value is -0.960. The Morgan fingerprint density at radius 3 is 1.19 bits per heavy atom. The number of halogens is 2. The average Bonchev–Trinajstić information content (AvgIpc) is 3.15. The molecule has 0 radical (unpaired) electrons. The maximum Gasteiger partial charge on any atom is 0.410 e. The van der Waals surface area contributed by atoms with E-state index in [0.717, 1.165) is 25.9 Å². The van der Waals surface area contributed by atoms with E-state index in [0.29, 0.717) is 24.9 Å². The molecule has 0 aliphatic carbocycles. The first-order valence-corrected chi connectivity index (χ1v) is 11.1. The molecule has 192 valence electrons. The van der Waals surface area contributed by atoms with Crippen LogP contribution >= 0.6 is 24.8 Å². The second-order valence-electron chi connectivity index (χ2n) is 10.4. The lowest BCUT2D eigenvalue weighted by molar-refractivity contribution is 0.0276. The van der Waals surface area contributed by atoms with E-state index in [1.807, 2.05) is 41.5 Å². The van der Waals surface area contributed by atoms with Crippen molar-refractivity contribution in [2.24, 2.45) is 23.3 Å². The predicted octanol–water partition coefficient (Wildman–Crippen LogP) is 4.02. The molecule has 0 aromatic rings. The van der Waals surface area contributed by atoms with Gasteiger partial charge in [-0.25, -0.2) is 9.59 Å². The van der Waals surface area contributed by atoms with Crippen molar-refractivity contribution in [3.8, 4) is 0 Å². The Morgan fingerprint density at radius 2 is 1.00 bits per heavy atom. The zero-order chi connectivity index (χ0) is 23.3. The van der Waals surface area contributed by atoms with E-state index < -0.39 is 11.2 Å². The molecular weight excluding hydrogens is 455 g/mol. The van der Waals surface area contributed by atoms with E-state index in [1.54, 1.807) is 9.80 Å². The second kappa shape index (κ2) is 13.7. The average molecular weight is 502 g/mol. The molecular formula is C22H46Cl2N4O4. The van der Waals surface area contributed by atoms with Gasteiger partial charge in [-0.2, -0.15) is 0 Å². The highest BCUT2D eigenvalue weighted by Gasteiger charge is 2.35. The van der Waals surface area contributed by atoms with Crippen molar-refractivity contribution in [1.29, 1.82) is 0 Å². The number of carbonyl (C=O) groups excluding carboxylic acids is 2. The minimum absolute atomic E-state index is 0. The first-order chi connectivity index (χ1) is 13.7. The summed E-state index contributed by atoms with van der Waals surface area (Å²) < 4.78 is 10.6. The number of hydrogen-bond acceptors (Lipinski definition) is 6. The fraction of sp³-hybridized carbons (Fsp3) is 0.909. The van der Waals surface area contributed by atoms with Gasteiger partial charge >= 0.3 is 12.2 Å². The first-order valence-electron chi connectivity index (χ1n) is 11.1. The summed E-state index contributed by atoms with van der Waals surface area (Å²) in [5.74, 6) is 0.829. The second-order valence-corrected chi connectivity index (χ2v) is 10.4. The molecule has 0 aromatic carbocycles. The van der Waals surface area contributed by atoms with Crippen LogP contribution in [-0.2, 0) is 9.47 Å². The van der Waals surface area contributed by atoms with Crippen molar-refractivity contribution >= 4 is 37.0 Å². The lowest BCUT2D eigenvalue weighted by Crippen LogP contribution is -2.36. The van der Waals surface area contributed by atoms with Crippen LogP contribution < -0.4 is 11.5 Å². The maximum atomic E-state index is 11.7. The van der Waals surface area contributed by atoms with Crippen molar-refractivity contribution in [2.45, 2.75) is 91.5 Å². The molecule has 8 nitrogen and oxygen atoms in total. The molecule has 0 aromatic heterocycles. The topological polar surface area (TPSA) is 111 Å². The molecule has 0 spiro atoms. The number of rotatable bonds is 2. The number of nitrogens with two attached hydrogens (primary N) is 2.